The van der Waals surface area contributed by atoms with Gasteiger partial charge in [0.05, 0.1) is 12.3 Å². The second-order valence-electron chi connectivity index (χ2n) is 4.84. The maximum absolute atomic E-state index is 5.45. The summed E-state index contributed by atoms with van der Waals surface area (Å²) in [6.45, 7) is 5.33. The minimum absolute atomic E-state index is 0.369. The molecule has 1 aromatic rings. The highest BCUT2D eigenvalue weighted by Crippen LogP contribution is 2.31. The highest BCUT2D eigenvalue weighted by Gasteiger charge is 2.20. The third kappa shape index (κ3) is 3.01. The van der Waals surface area contributed by atoms with Crippen molar-refractivity contribution in [3.63, 3.8) is 0 Å². The molecule has 0 spiro atoms. The molecular weight excluding hydrogens is 210 g/mol. The van der Waals surface area contributed by atoms with Crippen LogP contribution in [0.5, 0.6) is 0 Å². The van der Waals surface area contributed by atoms with Crippen LogP contribution in [0.1, 0.15) is 56.4 Å². The van der Waals surface area contributed by atoms with Crippen molar-refractivity contribution in [1.29, 1.82) is 0 Å². The van der Waals surface area contributed by atoms with Gasteiger partial charge in [-0.1, -0.05) is 18.6 Å². The topological polar surface area (TPSA) is 25.2 Å². The van der Waals surface area contributed by atoms with Crippen LogP contribution in [0.15, 0.2) is 28.4 Å². The normalized spacial score (nSPS) is 17.9. The summed E-state index contributed by atoms with van der Waals surface area (Å²) < 4.78 is 5.45. The molecule has 0 amide bonds. The van der Waals surface area contributed by atoms with Crippen molar-refractivity contribution in [3.8, 4) is 0 Å². The van der Waals surface area contributed by atoms with Crippen LogP contribution >= 0.6 is 0 Å². The molecule has 1 aliphatic rings. The smallest absolute Gasteiger partial charge is 0.105 e. The van der Waals surface area contributed by atoms with Gasteiger partial charge in [-0.05, 0) is 51.6 Å². The monoisotopic (exact) mass is 233 g/mol. The summed E-state index contributed by atoms with van der Waals surface area (Å²) in [5.74, 6) is 1.05. The van der Waals surface area contributed by atoms with Crippen molar-refractivity contribution in [2.45, 2.75) is 52.0 Å². The van der Waals surface area contributed by atoms with Crippen LogP contribution in [-0.4, -0.2) is 6.54 Å². The van der Waals surface area contributed by atoms with E-state index in [2.05, 4.69) is 31.3 Å². The van der Waals surface area contributed by atoms with Gasteiger partial charge in [0, 0.05) is 5.56 Å². The molecule has 17 heavy (non-hydrogen) atoms. The third-order valence-electron chi connectivity index (χ3n) is 3.51. The Morgan fingerprint density at radius 1 is 1.41 bits per heavy atom. The van der Waals surface area contributed by atoms with Crippen LogP contribution < -0.4 is 5.32 Å². The third-order valence-corrected chi connectivity index (χ3v) is 3.51. The van der Waals surface area contributed by atoms with Gasteiger partial charge in [-0.25, -0.2) is 0 Å². The average molecular weight is 233 g/mol. The second kappa shape index (κ2) is 6.06. The Hall–Kier alpha value is -1.02. The molecule has 0 saturated heterocycles. The molecule has 1 atom stereocenters. The summed E-state index contributed by atoms with van der Waals surface area (Å²) in [6, 6.07) is 2.48. The van der Waals surface area contributed by atoms with Crippen molar-refractivity contribution in [2.75, 3.05) is 6.54 Å². The Balaban J connectivity index is 2.18. The van der Waals surface area contributed by atoms with Crippen LogP contribution in [0.2, 0.25) is 0 Å². The molecule has 0 bridgehead atoms. The van der Waals surface area contributed by atoms with Crippen molar-refractivity contribution in [2.24, 2.45) is 0 Å². The van der Waals surface area contributed by atoms with E-state index in [4.69, 9.17) is 4.42 Å². The fourth-order valence-corrected chi connectivity index (χ4v) is 2.55. The molecule has 1 aliphatic carbocycles. The summed E-state index contributed by atoms with van der Waals surface area (Å²) in [5.41, 5.74) is 2.86. The van der Waals surface area contributed by atoms with E-state index in [9.17, 15) is 0 Å². The number of furan rings is 1. The summed E-state index contributed by atoms with van der Waals surface area (Å²) >= 11 is 0. The summed E-state index contributed by atoms with van der Waals surface area (Å²) in [5, 5.41) is 3.65. The lowest BCUT2D eigenvalue weighted by atomic mass is 9.90. The first-order valence-electron chi connectivity index (χ1n) is 6.79. The number of hydrogen-bond acceptors (Lipinski definition) is 2. The van der Waals surface area contributed by atoms with Gasteiger partial charge in [0.1, 0.15) is 5.76 Å². The molecule has 2 nitrogen and oxygen atoms in total. The van der Waals surface area contributed by atoms with Crippen LogP contribution in [0, 0.1) is 6.92 Å². The van der Waals surface area contributed by atoms with Crippen molar-refractivity contribution < 1.29 is 4.42 Å². The van der Waals surface area contributed by atoms with Crippen molar-refractivity contribution >= 4 is 0 Å². The summed E-state index contributed by atoms with van der Waals surface area (Å²) in [7, 11) is 0. The first kappa shape index (κ1) is 12.4. The van der Waals surface area contributed by atoms with Gasteiger partial charge in [0.15, 0.2) is 0 Å². The Bertz CT molecular complexity index is 378. The highest BCUT2D eigenvalue weighted by molar-refractivity contribution is 5.30. The Morgan fingerprint density at radius 2 is 2.29 bits per heavy atom. The van der Waals surface area contributed by atoms with Crippen LogP contribution in [0.4, 0.5) is 0 Å². The SMILES string of the molecule is CCCNC(C1=CCCCC1)c1ccoc1C. The molecule has 94 valence electrons. The maximum atomic E-state index is 5.45. The van der Waals surface area contributed by atoms with Crippen molar-refractivity contribution in [3.05, 3.63) is 35.3 Å². The lowest BCUT2D eigenvalue weighted by Gasteiger charge is -2.24. The van der Waals surface area contributed by atoms with E-state index in [1.807, 2.05) is 0 Å². The molecule has 1 heterocycles. The minimum Gasteiger partial charge on any atom is -0.469 e. The highest BCUT2D eigenvalue weighted by atomic mass is 16.3. The van der Waals surface area contributed by atoms with E-state index in [1.165, 1.54) is 37.7 Å². The van der Waals surface area contributed by atoms with Gasteiger partial charge in [0.2, 0.25) is 0 Å². The van der Waals surface area contributed by atoms with Crippen LogP contribution in [0.3, 0.4) is 0 Å². The fourth-order valence-electron chi connectivity index (χ4n) is 2.55. The van der Waals surface area contributed by atoms with E-state index in [-0.39, 0.29) is 0 Å². The molecule has 0 radical (unpaired) electrons. The Kier molecular flexibility index (Phi) is 4.43. The quantitative estimate of drug-likeness (QED) is 0.774. The second-order valence-corrected chi connectivity index (χ2v) is 4.84. The zero-order valence-corrected chi connectivity index (χ0v) is 11.0. The predicted molar refractivity (Wildman–Crippen MR) is 71.0 cm³/mol. The number of allylic oxidation sites excluding steroid dienone is 1. The number of rotatable bonds is 5. The molecule has 0 aromatic carbocycles. The lowest BCUT2D eigenvalue weighted by Crippen LogP contribution is -2.25. The fraction of sp³-hybridized carbons (Fsp3) is 0.600. The standard InChI is InChI=1S/C15H23NO/c1-3-10-16-15(13-7-5-4-6-8-13)14-9-11-17-12(14)2/h7,9,11,15-16H,3-6,8,10H2,1-2H3. The number of nitrogens with one attached hydrogen (secondary N) is 1. The van der Waals surface area contributed by atoms with Gasteiger partial charge >= 0.3 is 0 Å². The Labute approximate surface area is 104 Å². The van der Waals surface area contributed by atoms with Gasteiger partial charge < -0.3 is 9.73 Å². The zero-order chi connectivity index (χ0) is 12.1. The van der Waals surface area contributed by atoms with E-state index >= 15 is 0 Å². The summed E-state index contributed by atoms with van der Waals surface area (Å²) in [4.78, 5) is 0. The molecule has 2 rings (SSSR count). The zero-order valence-electron chi connectivity index (χ0n) is 11.0. The average Bonchev–Trinajstić information content (AvgIpc) is 2.78. The first-order chi connectivity index (χ1) is 8.33. The molecule has 0 saturated carbocycles. The van der Waals surface area contributed by atoms with Gasteiger partial charge in [-0.2, -0.15) is 0 Å². The first-order valence-corrected chi connectivity index (χ1v) is 6.79. The maximum Gasteiger partial charge on any atom is 0.105 e. The van der Waals surface area contributed by atoms with E-state index < -0.39 is 0 Å². The largest absolute Gasteiger partial charge is 0.469 e. The molecule has 0 fully saturated rings. The molecule has 1 unspecified atom stereocenters. The summed E-state index contributed by atoms with van der Waals surface area (Å²) in [6.07, 6.45) is 10.5. The van der Waals surface area contributed by atoms with Crippen LogP contribution in [-0.2, 0) is 0 Å². The number of aryl methyl sites for hydroxylation is 1. The molecule has 1 aromatic heterocycles. The predicted octanol–water partition coefficient (Wildman–Crippen LogP) is 4.13. The van der Waals surface area contributed by atoms with Crippen LogP contribution in [0.25, 0.3) is 0 Å². The van der Waals surface area contributed by atoms with E-state index in [0.29, 0.717) is 6.04 Å². The van der Waals surface area contributed by atoms with Gasteiger partial charge in [0.25, 0.3) is 0 Å². The molecule has 0 aliphatic heterocycles. The molecule has 2 heteroatoms. The number of hydrogen-bond donors (Lipinski definition) is 1. The van der Waals surface area contributed by atoms with Gasteiger partial charge in [-0.3, -0.25) is 0 Å². The molecular formula is C15H23NO. The Morgan fingerprint density at radius 3 is 2.88 bits per heavy atom. The van der Waals surface area contributed by atoms with E-state index in [0.717, 1.165) is 12.3 Å². The van der Waals surface area contributed by atoms with Crippen molar-refractivity contribution in [1.82, 2.24) is 5.32 Å². The van der Waals surface area contributed by atoms with E-state index in [1.54, 1.807) is 11.8 Å². The molecule has 1 N–H and O–H groups in total. The van der Waals surface area contributed by atoms with Gasteiger partial charge in [-0.15, -0.1) is 0 Å². The minimum atomic E-state index is 0.369. The lowest BCUT2D eigenvalue weighted by molar-refractivity contribution is 0.506.